The van der Waals surface area contributed by atoms with E-state index in [0.29, 0.717) is 5.56 Å². The summed E-state index contributed by atoms with van der Waals surface area (Å²) in [6.45, 7) is 8.31. The Labute approximate surface area is 168 Å². The molecule has 4 aromatic heterocycles. The standard InChI is InChI=1S/C21H22N8/c1-13(2)25-18-8-19(21-6-5-16-7-15(9-22)10-24-29(16)21)23-11-17(18)20-12-28(14(3)4)27-26-20/h5-8,10-14H,1-4H3,(H,23,25). The largest absolute Gasteiger partial charge is 0.382 e. The minimum absolute atomic E-state index is 0.237. The summed E-state index contributed by atoms with van der Waals surface area (Å²) >= 11 is 0. The van der Waals surface area contributed by atoms with E-state index in [1.165, 1.54) is 0 Å². The fourth-order valence-electron chi connectivity index (χ4n) is 3.14. The maximum atomic E-state index is 9.08. The molecule has 0 amide bonds. The van der Waals surface area contributed by atoms with Gasteiger partial charge < -0.3 is 5.32 Å². The fourth-order valence-corrected chi connectivity index (χ4v) is 3.14. The molecule has 0 saturated heterocycles. The number of anilines is 1. The van der Waals surface area contributed by atoms with E-state index in [9.17, 15) is 0 Å². The predicted molar refractivity (Wildman–Crippen MR) is 111 cm³/mol. The van der Waals surface area contributed by atoms with Crippen molar-refractivity contribution in [3.8, 4) is 28.7 Å². The maximum absolute atomic E-state index is 9.08. The first-order valence-electron chi connectivity index (χ1n) is 9.53. The summed E-state index contributed by atoms with van der Waals surface area (Å²) < 4.78 is 3.62. The SMILES string of the molecule is CC(C)Nc1cc(-c2ccc3cc(C#N)cnn23)ncc1-c1cn(C(C)C)nn1. The van der Waals surface area contributed by atoms with Gasteiger partial charge in [0, 0.05) is 29.5 Å². The molecule has 8 nitrogen and oxygen atoms in total. The second-order valence-electron chi connectivity index (χ2n) is 7.50. The van der Waals surface area contributed by atoms with E-state index in [4.69, 9.17) is 5.26 Å². The molecule has 4 rings (SSSR count). The maximum Gasteiger partial charge on any atom is 0.116 e. The van der Waals surface area contributed by atoms with Gasteiger partial charge in [0.25, 0.3) is 0 Å². The van der Waals surface area contributed by atoms with Crippen LogP contribution in [-0.4, -0.2) is 35.6 Å². The zero-order valence-corrected chi connectivity index (χ0v) is 16.8. The summed E-state index contributed by atoms with van der Waals surface area (Å²) in [7, 11) is 0. The lowest BCUT2D eigenvalue weighted by Gasteiger charge is -2.14. The average molecular weight is 386 g/mol. The number of nitrogens with one attached hydrogen (secondary N) is 1. The van der Waals surface area contributed by atoms with Crippen molar-refractivity contribution in [1.82, 2.24) is 29.6 Å². The van der Waals surface area contributed by atoms with Crippen LogP contribution in [0.5, 0.6) is 0 Å². The normalized spacial score (nSPS) is 11.3. The van der Waals surface area contributed by atoms with Crippen LogP contribution < -0.4 is 5.32 Å². The average Bonchev–Trinajstić information content (AvgIpc) is 3.34. The molecule has 4 aromatic rings. The predicted octanol–water partition coefficient (Wildman–Crippen LogP) is 3.93. The highest BCUT2D eigenvalue weighted by Crippen LogP contribution is 2.31. The number of aromatic nitrogens is 6. The summed E-state index contributed by atoms with van der Waals surface area (Å²) in [4.78, 5) is 4.67. The van der Waals surface area contributed by atoms with Crippen LogP contribution >= 0.6 is 0 Å². The van der Waals surface area contributed by atoms with Gasteiger partial charge >= 0.3 is 0 Å². The monoisotopic (exact) mass is 386 g/mol. The van der Waals surface area contributed by atoms with Crippen molar-refractivity contribution in [2.24, 2.45) is 0 Å². The van der Waals surface area contributed by atoms with Gasteiger partial charge in [0.05, 0.1) is 34.9 Å². The van der Waals surface area contributed by atoms with Gasteiger partial charge in [0.15, 0.2) is 0 Å². The minimum Gasteiger partial charge on any atom is -0.382 e. The van der Waals surface area contributed by atoms with Crippen LogP contribution in [-0.2, 0) is 0 Å². The molecule has 0 aliphatic carbocycles. The minimum atomic E-state index is 0.237. The van der Waals surface area contributed by atoms with Crippen LogP contribution in [0.2, 0.25) is 0 Å². The summed E-state index contributed by atoms with van der Waals surface area (Å²) in [5.41, 5.74) is 5.63. The van der Waals surface area contributed by atoms with E-state index in [1.54, 1.807) is 10.7 Å². The first-order chi connectivity index (χ1) is 14.0. The van der Waals surface area contributed by atoms with Crippen LogP contribution in [0.3, 0.4) is 0 Å². The van der Waals surface area contributed by atoms with Crippen molar-refractivity contribution in [3.05, 3.63) is 48.4 Å². The van der Waals surface area contributed by atoms with E-state index in [2.05, 4.69) is 59.5 Å². The topological polar surface area (TPSA) is 96.7 Å². The van der Waals surface area contributed by atoms with Crippen LogP contribution in [0.4, 0.5) is 5.69 Å². The number of fused-ring (bicyclic) bond motifs is 1. The molecule has 0 aliphatic heterocycles. The zero-order valence-electron chi connectivity index (χ0n) is 16.8. The van der Waals surface area contributed by atoms with E-state index in [0.717, 1.165) is 33.8 Å². The molecule has 0 radical (unpaired) electrons. The van der Waals surface area contributed by atoms with Crippen molar-refractivity contribution in [2.45, 2.75) is 39.8 Å². The summed E-state index contributed by atoms with van der Waals surface area (Å²) in [5.74, 6) is 0. The summed E-state index contributed by atoms with van der Waals surface area (Å²) in [5, 5.41) is 25.5. The van der Waals surface area contributed by atoms with Gasteiger partial charge in [-0.3, -0.25) is 4.98 Å². The van der Waals surface area contributed by atoms with Crippen molar-refractivity contribution in [2.75, 3.05) is 5.32 Å². The number of hydrogen-bond acceptors (Lipinski definition) is 6. The van der Waals surface area contributed by atoms with Gasteiger partial charge in [-0.15, -0.1) is 5.10 Å². The first-order valence-corrected chi connectivity index (χ1v) is 9.53. The summed E-state index contributed by atoms with van der Waals surface area (Å²) in [6.07, 6.45) is 5.31. The molecule has 0 atom stereocenters. The molecule has 0 aliphatic rings. The number of nitriles is 1. The third-order valence-electron chi connectivity index (χ3n) is 4.56. The number of nitrogens with zero attached hydrogens (tertiary/aromatic N) is 7. The Hall–Kier alpha value is -3.73. The quantitative estimate of drug-likeness (QED) is 0.558. The van der Waals surface area contributed by atoms with E-state index in [1.807, 2.05) is 41.3 Å². The Morgan fingerprint density at radius 2 is 1.90 bits per heavy atom. The lowest BCUT2D eigenvalue weighted by atomic mass is 10.1. The van der Waals surface area contributed by atoms with Crippen LogP contribution in [0, 0.1) is 11.3 Å². The van der Waals surface area contributed by atoms with Gasteiger partial charge in [0.1, 0.15) is 11.8 Å². The highest BCUT2D eigenvalue weighted by molar-refractivity contribution is 5.78. The van der Waals surface area contributed by atoms with Crippen LogP contribution in [0.25, 0.3) is 28.2 Å². The molecular weight excluding hydrogens is 364 g/mol. The Morgan fingerprint density at radius 3 is 2.59 bits per heavy atom. The van der Waals surface area contributed by atoms with Gasteiger partial charge in [-0.2, -0.15) is 10.4 Å². The molecule has 146 valence electrons. The molecule has 4 heterocycles. The molecule has 1 N–H and O–H groups in total. The van der Waals surface area contributed by atoms with Gasteiger partial charge in [0.2, 0.25) is 0 Å². The summed E-state index contributed by atoms with van der Waals surface area (Å²) in [6, 6.07) is 10.3. The lowest BCUT2D eigenvalue weighted by Crippen LogP contribution is -2.11. The van der Waals surface area contributed by atoms with Crippen molar-refractivity contribution in [3.63, 3.8) is 0 Å². The lowest BCUT2D eigenvalue weighted by molar-refractivity contribution is 0.514. The Balaban J connectivity index is 1.81. The third-order valence-corrected chi connectivity index (χ3v) is 4.56. The molecule has 0 spiro atoms. The molecule has 8 heteroatoms. The smallest absolute Gasteiger partial charge is 0.116 e. The van der Waals surface area contributed by atoms with Crippen LogP contribution in [0.1, 0.15) is 39.3 Å². The number of hydrogen-bond donors (Lipinski definition) is 1. The van der Waals surface area contributed by atoms with E-state index in [-0.39, 0.29) is 12.1 Å². The first kappa shape index (κ1) is 18.6. The van der Waals surface area contributed by atoms with E-state index < -0.39 is 0 Å². The Morgan fingerprint density at radius 1 is 1.07 bits per heavy atom. The molecule has 0 unspecified atom stereocenters. The number of pyridine rings is 1. The molecule has 0 saturated carbocycles. The molecule has 29 heavy (non-hydrogen) atoms. The van der Waals surface area contributed by atoms with Crippen molar-refractivity contribution >= 4 is 11.2 Å². The highest BCUT2D eigenvalue weighted by atomic mass is 15.4. The fraction of sp³-hybridized carbons (Fsp3) is 0.286. The third kappa shape index (κ3) is 3.55. The second kappa shape index (κ2) is 7.36. The number of rotatable bonds is 5. The van der Waals surface area contributed by atoms with Crippen LogP contribution in [0.15, 0.2) is 42.9 Å². The second-order valence-corrected chi connectivity index (χ2v) is 7.50. The van der Waals surface area contributed by atoms with E-state index >= 15 is 0 Å². The molecular formula is C21H22N8. The van der Waals surface area contributed by atoms with Crippen molar-refractivity contribution < 1.29 is 0 Å². The molecule has 0 bridgehead atoms. The van der Waals surface area contributed by atoms with Crippen molar-refractivity contribution in [1.29, 1.82) is 5.26 Å². The van der Waals surface area contributed by atoms with Gasteiger partial charge in [-0.25, -0.2) is 9.20 Å². The zero-order chi connectivity index (χ0) is 20.5. The Bertz CT molecular complexity index is 1210. The Kier molecular flexibility index (Phi) is 4.72. The molecule has 0 fully saturated rings. The van der Waals surface area contributed by atoms with Gasteiger partial charge in [-0.1, -0.05) is 5.21 Å². The van der Waals surface area contributed by atoms with Gasteiger partial charge in [-0.05, 0) is 52.0 Å². The highest BCUT2D eigenvalue weighted by Gasteiger charge is 2.15. The molecule has 0 aromatic carbocycles.